The monoisotopic (exact) mass is 2110 g/mol. The Morgan fingerprint density at radius 3 is 1.15 bits per heavy atom. The molecule has 8 amide bonds. The minimum absolute atomic E-state index is 0.0276. The van der Waals surface area contributed by atoms with Crippen LogP contribution in [0, 0.1) is 0 Å². The number of amides is 8. The molecule has 0 spiro atoms. The minimum atomic E-state index is -0.402. The number of imidazole rings is 1. The first kappa shape index (κ1) is 105. The summed E-state index contributed by atoms with van der Waals surface area (Å²) in [6, 6.07) is 56.1. The van der Waals surface area contributed by atoms with Crippen LogP contribution in [0.3, 0.4) is 0 Å². The van der Waals surface area contributed by atoms with Crippen LogP contribution in [0.4, 0.5) is 88.2 Å². The zero-order chi connectivity index (χ0) is 104. The number of ether oxygens (including phenoxy) is 3. The van der Waals surface area contributed by atoms with Gasteiger partial charge in [-0.05, 0) is 151 Å². The lowest BCUT2D eigenvalue weighted by Crippen LogP contribution is -2.43. The molecular formula is C106H110N28O11S5. The van der Waals surface area contributed by atoms with Crippen molar-refractivity contribution in [3.63, 3.8) is 0 Å². The average molecular weight is 2110 g/mol. The van der Waals surface area contributed by atoms with Gasteiger partial charge in [-0.1, -0.05) is 36.4 Å². The summed E-state index contributed by atoms with van der Waals surface area (Å²) in [4.78, 5) is 154. The number of piperazine rings is 5. The number of benzene rings is 4. The van der Waals surface area contributed by atoms with Gasteiger partial charge in [0, 0.05) is 198 Å². The van der Waals surface area contributed by atoms with E-state index in [2.05, 4.69) is 144 Å². The average Bonchev–Trinajstić information content (AvgIpc) is 1.66. The molecule has 15 N–H and O–H groups in total. The van der Waals surface area contributed by atoms with E-state index in [0.29, 0.717) is 90.6 Å². The number of H-pyrrole nitrogens is 1. The highest BCUT2D eigenvalue weighted by Crippen LogP contribution is 2.37. The highest BCUT2D eigenvalue weighted by Gasteiger charge is 2.27. The number of fused-ring (bicyclic) bond motifs is 1. The number of para-hydroxylation sites is 2. The number of nitrogens with zero attached hydrogens (tertiary/aromatic N) is 13. The summed E-state index contributed by atoms with van der Waals surface area (Å²) >= 11 is 6.39. The molecule has 44 heteroatoms. The van der Waals surface area contributed by atoms with Crippen molar-refractivity contribution in [2.45, 2.75) is 6.42 Å². The number of nitrogens with one attached hydrogen (secondary N) is 15. The molecule has 5 aliphatic heterocycles. The third-order valence-electron chi connectivity index (χ3n) is 24.0. The number of hydrogen-bond acceptors (Lipinski definition) is 35. The summed E-state index contributed by atoms with van der Waals surface area (Å²) in [6.07, 6.45) is 22.2. The molecule has 150 heavy (non-hydrogen) atoms. The fraction of sp³-hybridized carbons (Fsp3) is 0.226. The van der Waals surface area contributed by atoms with E-state index in [9.17, 15) is 38.4 Å². The quantitative estimate of drug-likeness (QED) is 0.0203. The van der Waals surface area contributed by atoms with Gasteiger partial charge in [-0.15, -0.1) is 56.7 Å². The SMILES string of the molecule is COc1cccc(C(=O)Nc2ccc(C(=O)Nc3cnccc3N3CCNCC3)s2)c1.COc1cccc(CC(=O)c2ccc(C(=O)Nc3cnccc3N3CCNCC3)s2)c1.COc1cccc(NC(=O)Nc2ccc(C(=O)Nc3cnccc3N3CCNCC3)s2)c1.O=C(Nc1cnccc1N1CCNCC1)c1ccc(-c2nc3ccccc3[nH]2)s1.O=C(Nc1cnccc1N1CCNCC1)c1ccc(Nc2cnccn2)s1. The van der Waals surface area contributed by atoms with Crippen LogP contribution in [-0.4, -0.2) is 244 Å². The molecule has 0 aliphatic carbocycles. The first-order valence-corrected chi connectivity index (χ1v) is 52.4. The number of ketones is 1. The topological polar surface area (TPSA) is 468 Å². The van der Waals surface area contributed by atoms with Crippen molar-refractivity contribution in [2.75, 3.05) is 225 Å². The molecule has 0 bridgehead atoms. The van der Waals surface area contributed by atoms with Crippen molar-refractivity contribution < 1.29 is 52.6 Å². The highest BCUT2D eigenvalue weighted by molar-refractivity contribution is 7.19. The molecule has 0 radical (unpaired) electrons. The van der Waals surface area contributed by atoms with Gasteiger partial charge in [0.1, 0.15) is 28.9 Å². The van der Waals surface area contributed by atoms with Crippen molar-refractivity contribution >= 4 is 198 Å². The van der Waals surface area contributed by atoms with E-state index in [-0.39, 0.29) is 47.6 Å². The molecule has 17 heterocycles. The van der Waals surface area contributed by atoms with E-state index in [0.717, 1.165) is 203 Å². The second-order valence-electron chi connectivity index (χ2n) is 34.0. The van der Waals surface area contributed by atoms with Gasteiger partial charge in [0.15, 0.2) is 5.78 Å². The molecule has 5 saturated heterocycles. The summed E-state index contributed by atoms with van der Waals surface area (Å²) in [5, 5.41) is 45.0. The number of Topliss-reactive ketones (excluding diaryl/α,β-unsaturated/α-hetero) is 1. The molecule has 39 nitrogen and oxygen atoms in total. The zero-order valence-corrected chi connectivity index (χ0v) is 86.2. The van der Waals surface area contributed by atoms with Crippen LogP contribution in [0.15, 0.2) is 269 Å². The van der Waals surface area contributed by atoms with Gasteiger partial charge in [-0.3, -0.25) is 68.8 Å². The zero-order valence-electron chi connectivity index (χ0n) is 82.1. The Morgan fingerprint density at radius 2 is 0.707 bits per heavy atom. The second-order valence-corrected chi connectivity index (χ2v) is 39.4. The van der Waals surface area contributed by atoms with E-state index in [1.165, 1.54) is 56.7 Å². The first-order chi connectivity index (χ1) is 73.5. The normalized spacial score (nSPS) is 13.7. The first-order valence-electron chi connectivity index (χ1n) is 48.3. The Labute approximate surface area is 884 Å². The lowest BCUT2D eigenvalue weighted by molar-refractivity contribution is 0.0991. The third-order valence-corrected chi connectivity index (χ3v) is 29.2. The molecule has 5 aliphatic rings. The van der Waals surface area contributed by atoms with Gasteiger partial charge < -0.3 is 113 Å². The summed E-state index contributed by atoms with van der Waals surface area (Å²) in [5.41, 5.74) is 12.2. The number of aromatic amines is 1. The Morgan fingerprint density at radius 1 is 0.327 bits per heavy atom. The number of pyridine rings is 5. The highest BCUT2D eigenvalue weighted by atomic mass is 32.1. The lowest BCUT2D eigenvalue weighted by atomic mass is 10.1. The van der Waals surface area contributed by atoms with Crippen LogP contribution < -0.4 is 113 Å². The van der Waals surface area contributed by atoms with Crippen LogP contribution >= 0.6 is 56.7 Å². The number of rotatable bonds is 28. The predicted molar refractivity (Wildman–Crippen MR) is 596 cm³/mol. The minimum Gasteiger partial charge on any atom is -0.497 e. The van der Waals surface area contributed by atoms with E-state index < -0.39 is 6.03 Å². The van der Waals surface area contributed by atoms with Gasteiger partial charge in [0.25, 0.3) is 35.4 Å². The smallest absolute Gasteiger partial charge is 0.324 e. The van der Waals surface area contributed by atoms with Gasteiger partial charge >= 0.3 is 6.03 Å². The molecule has 21 rings (SSSR count). The maximum Gasteiger partial charge on any atom is 0.324 e. The number of aromatic nitrogens is 9. The number of carbonyl (C=O) groups excluding carboxylic acids is 8. The van der Waals surface area contributed by atoms with Gasteiger partial charge in [0.2, 0.25) is 0 Å². The van der Waals surface area contributed by atoms with Crippen molar-refractivity contribution in [2.24, 2.45) is 0 Å². The Bertz CT molecular complexity index is 7260. The molecule has 0 saturated carbocycles. The number of anilines is 15. The summed E-state index contributed by atoms with van der Waals surface area (Å²) in [5.74, 6) is 2.07. The van der Waals surface area contributed by atoms with Crippen molar-refractivity contribution in [1.82, 2.24) is 71.4 Å². The van der Waals surface area contributed by atoms with E-state index >= 15 is 0 Å². The number of hydrogen-bond donors (Lipinski definition) is 15. The maximum absolute atomic E-state index is 12.9. The van der Waals surface area contributed by atoms with Crippen LogP contribution in [-0.2, 0) is 6.42 Å². The summed E-state index contributed by atoms with van der Waals surface area (Å²) in [6.45, 7) is 17.9. The van der Waals surface area contributed by atoms with Crippen LogP contribution in [0.5, 0.6) is 17.2 Å². The molecule has 770 valence electrons. The van der Waals surface area contributed by atoms with Gasteiger partial charge in [0.05, 0.1) is 176 Å². The van der Waals surface area contributed by atoms with Crippen molar-refractivity contribution in [3.05, 3.63) is 309 Å². The van der Waals surface area contributed by atoms with Gasteiger partial charge in [-0.2, -0.15) is 0 Å². The number of thiophene rings is 5. The Hall–Kier alpha value is -16.6. The van der Waals surface area contributed by atoms with E-state index in [1.54, 1.807) is 193 Å². The molecular weight excluding hydrogens is 2000 g/mol. The van der Waals surface area contributed by atoms with E-state index in [1.807, 2.05) is 97.1 Å². The molecule has 16 aromatic rings. The molecule has 4 aromatic carbocycles. The predicted octanol–water partition coefficient (Wildman–Crippen LogP) is 15.4. The molecule has 12 aromatic heterocycles. The largest absolute Gasteiger partial charge is 0.497 e. The van der Waals surface area contributed by atoms with E-state index in [4.69, 9.17) is 14.2 Å². The Balaban J connectivity index is 0.000000128. The molecule has 5 fully saturated rings. The van der Waals surface area contributed by atoms with Crippen LogP contribution in [0.25, 0.3) is 21.7 Å². The summed E-state index contributed by atoms with van der Waals surface area (Å²) in [7, 11) is 4.72. The lowest BCUT2D eigenvalue weighted by Gasteiger charge is -2.30. The fourth-order valence-corrected chi connectivity index (χ4v) is 20.6. The Kier molecular flexibility index (Phi) is 36.8. The van der Waals surface area contributed by atoms with Crippen LogP contribution in [0.1, 0.15) is 74.0 Å². The third kappa shape index (κ3) is 28.8. The standard InChI is InChI=1S/C23H24N4O3S.C22H24N6O3S.C22H23N5O3S.C21H20N6OS.C18H19N7OS/c1-30-17-4-2-3-16(13-17)14-20(28)21-5-6-22(31-21)23(29)26-18-15-25-8-7-19(18)27-11-9-24-10-12-27;1-31-16-4-2-3-15(13-16)25-22(30)27-20-6-5-19(32-20)21(29)26-17-14-24-8-7-18(17)28-11-9-23-10-12-28;1-30-16-4-2-3-15(13-16)21(28)26-20-6-5-19(31-20)22(29)25-17-14-24-8-7-18(17)27-11-9-23-10-12-27;28-21(26-16-13-23-8-7-17(16)27-11-9-22-10-12-27)19-6-5-18(29-19)20-24-14-3-1-2-4-15(14)25-20;26-18(15-1-2-17(27-15)24-16-12-21-5-6-22-16)23-13-11-20-4-3-14(13)25-9-7-19-8-10-25/h2-8,13,15,24H,9-12,14H2,1H3,(H,26,29);2-8,13-14,23H,9-12H2,1H3,(H,26,29)(H2,25,27,30);2-8,13-14,23H,9-12H2,1H3,(H,25,29)(H,26,28);1-8,13,22H,9-12H2,(H,24,25)(H,26,28);1-6,11-12,19H,7-10H2,(H,22,24)(H,23,26). The molecule has 0 unspecified atom stereocenters. The van der Waals surface area contributed by atoms with Crippen molar-refractivity contribution in [1.29, 1.82) is 0 Å². The number of urea groups is 1. The van der Waals surface area contributed by atoms with Gasteiger partial charge in [-0.25, -0.2) is 14.8 Å². The van der Waals surface area contributed by atoms with Crippen LogP contribution in [0.2, 0.25) is 0 Å². The number of methoxy groups -OCH3 is 3. The van der Waals surface area contributed by atoms with Crippen molar-refractivity contribution in [3.8, 4) is 28.0 Å². The molecule has 0 atom stereocenters. The maximum atomic E-state index is 12.9. The summed E-state index contributed by atoms with van der Waals surface area (Å²) < 4.78 is 15.5. The fourth-order valence-electron chi connectivity index (χ4n) is 16.6. The number of carbonyl (C=O) groups is 8. The second kappa shape index (κ2) is 52.7.